The van der Waals surface area contributed by atoms with E-state index in [4.69, 9.17) is 0 Å². The molecule has 2 N–H and O–H groups in total. The molecule has 1 fully saturated rings. The van der Waals surface area contributed by atoms with Crippen LogP contribution in [0.5, 0.6) is 0 Å². The molecular weight excluding hydrogens is 340 g/mol. The molecule has 27 heavy (non-hydrogen) atoms. The molecule has 2 amide bonds. The minimum atomic E-state index is -0.0571. The number of pyridine rings is 2. The van der Waals surface area contributed by atoms with Crippen molar-refractivity contribution in [3.63, 3.8) is 0 Å². The molecule has 0 unspecified atom stereocenters. The molecule has 7 nitrogen and oxygen atoms in total. The average molecular weight is 368 g/mol. The van der Waals surface area contributed by atoms with Crippen LogP contribution in [-0.4, -0.2) is 54.1 Å². The molecule has 1 aliphatic rings. The summed E-state index contributed by atoms with van der Waals surface area (Å²) in [6, 6.07) is 8.13. The van der Waals surface area contributed by atoms with Gasteiger partial charge in [0.1, 0.15) is 5.82 Å². The topological polar surface area (TPSA) is 73.4 Å². The molecule has 1 atom stereocenters. The molecule has 0 spiro atoms. The standard InChI is InChI=1S/C20H28N6O/c1-15-6-7-18(13-21-15)24-20(27)26-11-4-5-16(10-12-26)23-17-8-9-19(22-14-17)25(2)3/h6-9,13-14,16,23H,4-5,10-12H2,1-3H3,(H,24,27)/t16-/m1/s1. The zero-order valence-electron chi connectivity index (χ0n) is 16.3. The third-order valence-corrected chi connectivity index (χ3v) is 4.75. The molecule has 1 aliphatic heterocycles. The van der Waals surface area contributed by atoms with E-state index in [9.17, 15) is 4.79 Å². The summed E-state index contributed by atoms with van der Waals surface area (Å²) in [5.74, 6) is 0.940. The summed E-state index contributed by atoms with van der Waals surface area (Å²) >= 11 is 0. The SMILES string of the molecule is Cc1ccc(NC(=O)N2CCC[C@@H](Nc3ccc(N(C)C)nc3)CC2)cn1. The maximum Gasteiger partial charge on any atom is 0.321 e. The number of nitrogens with zero attached hydrogens (tertiary/aromatic N) is 4. The molecule has 144 valence electrons. The number of carbonyl (C=O) groups is 1. The Labute approximate surface area is 160 Å². The van der Waals surface area contributed by atoms with Gasteiger partial charge in [-0.05, 0) is 50.5 Å². The predicted octanol–water partition coefficient (Wildman–Crippen LogP) is 3.35. The summed E-state index contributed by atoms with van der Waals surface area (Å²) in [6.45, 7) is 3.42. The van der Waals surface area contributed by atoms with Crippen molar-refractivity contribution in [1.82, 2.24) is 14.9 Å². The lowest BCUT2D eigenvalue weighted by Gasteiger charge is -2.21. The Morgan fingerprint density at radius 3 is 2.52 bits per heavy atom. The quantitative estimate of drug-likeness (QED) is 0.866. The Bertz CT molecular complexity index is 744. The van der Waals surface area contributed by atoms with Gasteiger partial charge in [0.25, 0.3) is 0 Å². The molecule has 1 saturated heterocycles. The van der Waals surface area contributed by atoms with Crippen molar-refractivity contribution in [2.24, 2.45) is 0 Å². The van der Waals surface area contributed by atoms with Gasteiger partial charge in [-0.1, -0.05) is 0 Å². The first-order valence-corrected chi connectivity index (χ1v) is 9.40. The van der Waals surface area contributed by atoms with Crippen LogP contribution < -0.4 is 15.5 Å². The Hall–Kier alpha value is -2.83. The fourth-order valence-electron chi connectivity index (χ4n) is 3.16. The van der Waals surface area contributed by atoms with Crippen LogP contribution in [0.2, 0.25) is 0 Å². The lowest BCUT2D eigenvalue weighted by Crippen LogP contribution is -2.36. The zero-order chi connectivity index (χ0) is 19.2. The maximum atomic E-state index is 12.5. The third kappa shape index (κ3) is 5.32. The number of anilines is 3. The van der Waals surface area contributed by atoms with E-state index in [1.165, 1.54) is 0 Å². The van der Waals surface area contributed by atoms with Crippen LogP contribution in [-0.2, 0) is 0 Å². The molecule has 0 saturated carbocycles. The number of hydrogen-bond acceptors (Lipinski definition) is 5. The first-order valence-electron chi connectivity index (χ1n) is 9.40. The summed E-state index contributed by atoms with van der Waals surface area (Å²) in [6.07, 6.45) is 6.48. The Kier molecular flexibility index (Phi) is 6.11. The summed E-state index contributed by atoms with van der Waals surface area (Å²) in [4.78, 5) is 25.1. The van der Waals surface area contributed by atoms with E-state index in [-0.39, 0.29) is 6.03 Å². The second-order valence-electron chi connectivity index (χ2n) is 7.18. The van der Waals surface area contributed by atoms with Gasteiger partial charge >= 0.3 is 6.03 Å². The highest BCUT2D eigenvalue weighted by atomic mass is 16.2. The largest absolute Gasteiger partial charge is 0.381 e. The van der Waals surface area contributed by atoms with Crippen LogP contribution in [0, 0.1) is 6.92 Å². The Balaban J connectivity index is 1.52. The monoisotopic (exact) mass is 368 g/mol. The Morgan fingerprint density at radius 2 is 1.85 bits per heavy atom. The fraction of sp³-hybridized carbons (Fsp3) is 0.450. The number of carbonyl (C=O) groups excluding carboxylic acids is 1. The van der Waals surface area contributed by atoms with Crippen LogP contribution in [0.15, 0.2) is 36.7 Å². The van der Waals surface area contributed by atoms with Gasteiger partial charge in [0.2, 0.25) is 0 Å². The smallest absolute Gasteiger partial charge is 0.321 e. The number of amides is 2. The number of aryl methyl sites for hydroxylation is 1. The number of nitrogens with one attached hydrogen (secondary N) is 2. The summed E-state index contributed by atoms with van der Waals surface area (Å²) in [5.41, 5.74) is 2.69. The number of urea groups is 1. The molecule has 2 aromatic heterocycles. The van der Waals surface area contributed by atoms with Crippen LogP contribution in [0.25, 0.3) is 0 Å². The molecule has 3 rings (SSSR count). The van der Waals surface area contributed by atoms with Crippen molar-refractivity contribution in [2.45, 2.75) is 32.2 Å². The van der Waals surface area contributed by atoms with Gasteiger partial charge in [0, 0.05) is 38.9 Å². The number of aromatic nitrogens is 2. The van der Waals surface area contributed by atoms with Crippen molar-refractivity contribution in [2.75, 3.05) is 42.7 Å². The summed E-state index contributed by atoms with van der Waals surface area (Å²) in [5, 5.41) is 6.49. The van der Waals surface area contributed by atoms with Gasteiger partial charge in [-0.2, -0.15) is 0 Å². The second-order valence-corrected chi connectivity index (χ2v) is 7.18. The third-order valence-electron chi connectivity index (χ3n) is 4.75. The minimum absolute atomic E-state index is 0.0571. The first-order chi connectivity index (χ1) is 13.0. The van der Waals surface area contributed by atoms with Crippen LogP contribution >= 0.6 is 0 Å². The molecular formula is C20H28N6O. The molecule has 2 aromatic rings. The van der Waals surface area contributed by atoms with Crippen molar-refractivity contribution in [3.8, 4) is 0 Å². The summed E-state index contributed by atoms with van der Waals surface area (Å²) in [7, 11) is 3.96. The number of likely N-dealkylation sites (tertiary alicyclic amines) is 1. The molecule has 0 aliphatic carbocycles. The van der Waals surface area contributed by atoms with E-state index in [0.717, 1.165) is 55.2 Å². The van der Waals surface area contributed by atoms with E-state index in [0.29, 0.717) is 6.04 Å². The lowest BCUT2D eigenvalue weighted by atomic mass is 10.1. The first kappa shape index (κ1) is 18.9. The van der Waals surface area contributed by atoms with E-state index in [1.54, 1.807) is 6.20 Å². The van der Waals surface area contributed by atoms with Crippen molar-refractivity contribution in [1.29, 1.82) is 0 Å². The molecule has 0 bridgehead atoms. The van der Waals surface area contributed by atoms with Gasteiger partial charge < -0.3 is 20.4 Å². The highest BCUT2D eigenvalue weighted by molar-refractivity contribution is 5.89. The Morgan fingerprint density at radius 1 is 1.07 bits per heavy atom. The number of rotatable bonds is 4. The van der Waals surface area contributed by atoms with Crippen LogP contribution in [0.3, 0.4) is 0 Å². The fourth-order valence-corrected chi connectivity index (χ4v) is 3.16. The van der Waals surface area contributed by atoms with Crippen molar-refractivity contribution < 1.29 is 4.79 Å². The highest BCUT2D eigenvalue weighted by Gasteiger charge is 2.20. The summed E-state index contributed by atoms with van der Waals surface area (Å²) < 4.78 is 0. The van der Waals surface area contributed by atoms with Gasteiger partial charge in [-0.25, -0.2) is 9.78 Å². The molecule has 7 heteroatoms. The second kappa shape index (κ2) is 8.70. The highest BCUT2D eigenvalue weighted by Crippen LogP contribution is 2.19. The van der Waals surface area contributed by atoms with Crippen molar-refractivity contribution in [3.05, 3.63) is 42.4 Å². The molecule has 3 heterocycles. The van der Waals surface area contributed by atoms with Gasteiger partial charge in [0.05, 0.1) is 23.8 Å². The minimum Gasteiger partial charge on any atom is -0.381 e. The lowest BCUT2D eigenvalue weighted by molar-refractivity contribution is 0.213. The van der Waals surface area contributed by atoms with Gasteiger partial charge in [0.15, 0.2) is 0 Å². The molecule has 0 radical (unpaired) electrons. The van der Waals surface area contributed by atoms with Gasteiger partial charge in [-0.15, -0.1) is 0 Å². The van der Waals surface area contributed by atoms with E-state index in [1.807, 2.05) is 55.2 Å². The van der Waals surface area contributed by atoms with Gasteiger partial charge in [-0.3, -0.25) is 4.98 Å². The normalized spacial score (nSPS) is 17.1. The van der Waals surface area contributed by atoms with Crippen LogP contribution in [0.1, 0.15) is 25.0 Å². The zero-order valence-corrected chi connectivity index (χ0v) is 16.3. The van der Waals surface area contributed by atoms with E-state index in [2.05, 4.69) is 26.7 Å². The van der Waals surface area contributed by atoms with Crippen LogP contribution in [0.4, 0.5) is 22.0 Å². The number of hydrogen-bond donors (Lipinski definition) is 2. The maximum absolute atomic E-state index is 12.5. The van der Waals surface area contributed by atoms with Crippen molar-refractivity contribution >= 4 is 23.2 Å². The average Bonchev–Trinajstić information content (AvgIpc) is 2.90. The molecule has 0 aromatic carbocycles. The van der Waals surface area contributed by atoms with E-state index >= 15 is 0 Å². The predicted molar refractivity (Wildman–Crippen MR) is 109 cm³/mol. The van der Waals surface area contributed by atoms with E-state index < -0.39 is 0 Å².